The summed E-state index contributed by atoms with van der Waals surface area (Å²) in [6.07, 6.45) is 6.11. The molecule has 28 heavy (non-hydrogen) atoms. The van der Waals surface area contributed by atoms with Crippen LogP contribution < -0.4 is 15.2 Å². The molecule has 1 saturated carbocycles. The third-order valence-electron chi connectivity index (χ3n) is 5.73. The molecule has 0 bridgehead atoms. The number of nitrogens with zero attached hydrogens (tertiary/aromatic N) is 3. The fourth-order valence-corrected chi connectivity index (χ4v) is 4.44. The Hall–Kier alpha value is -2.67. The molecule has 4 atom stereocenters. The van der Waals surface area contributed by atoms with Gasteiger partial charge in [0, 0.05) is 37.5 Å². The van der Waals surface area contributed by atoms with Crippen LogP contribution in [0.25, 0.3) is 0 Å². The van der Waals surface area contributed by atoms with E-state index in [1.165, 1.54) is 4.57 Å². The first kappa shape index (κ1) is 18.7. The van der Waals surface area contributed by atoms with E-state index in [1.807, 2.05) is 25.3 Å². The van der Waals surface area contributed by atoms with Crippen LogP contribution in [-0.4, -0.2) is 46.7 Å². The number of hydrogen-bond acceptors (Lipinski definition) is 6. The van der Waals surface area contributed by atoms with Crippen molar-refractivity contribution in [2.75, 3.05) is 13.7 Å². The number of methoxy groups -OCH3 is 1. The summed E-state index contributed by atoms with van der Waals surface area (Å²) in [5.74, 6) is 1.45. The Bertz CT molecular complexity index is 969. The summed E-state index contributed by atoms with van der Waals surface area (Å²) in [5, 5.41) is 10.6. The van der Waals surface area contributed by atoms with Gasteiger partial charge in [0.05, 0.1) is 25.9 Å². The lowest BCUT2D eigenvalue weighted by Gasteiger charge is -2.41. The van der Waals surface area contributed by atoms with E-state index in [9.17, 15) is 9.90 Å². The molecule has 1 N–H and O–H groups in total. The van der Waals surface area contributed by atoms with Gasteiger partial charge < -0.3 is 19.1 Å². The smallest absolute Gasteiger partial charge is 0.347 e. The summed E-state index contributed by atoms with van der Waals surface area (Å²) in [6, 6.07) is 3.95. The van der Waals surface area contributed by atoms with E-state index in [0.29, 0.717) is 30.9 Å². The maximum Gasteiger partial charge on any atom is 0.347 e. The number of aromatic nitrogens is 2. The van der Waals surface area contributed by atoms with Crippen LogP contribution in [0.15, 0.2) is 34.3 Å². The number of fused-ring (bicyclic) bond motifs is 3. The fourth-order valence-electron chi connectivity index (χ4n) is 4.44. The molecule has 0 radical (unpaired) electrons. The van der Waals surface area contributed by atoms with Gasteiger partial charge in [-0.2, -0.15) is 0 Å². The monoisotopic (exact) mass is 383 g/mol. The quantitative estimate of drug-likeness (QED) is 0.873. The van der Waals surface area contributed by atoms with Crippen molar-refractivity contribution >= 4 is 6.21 Å². The first-order chi connectivity index (χ1) is 13.5. The minimum Gasteiger partial charge on any atom is -0.493 e. The first-order valence-electron chi connectivity index (χ1n) is 9.60. The number of aliphatic hydroxyl groups excluding tert-OH is 1. The van der Waals surface area contributed by atoms with Gasteiger partial charge in [-0.3, -0.25) is 4.99 Å². The molecule has 1 aromatic heterocycles. The zero-order valence-corrected chi connectivity index (χ0v) is 16.3. The number of benzene rings is 1. The second-order valence-electron chi connectivity index (χ2n) is 7.45. The molecular weight excluding hydrogens is 358 g/mol. The van der Waals surface area contributed by atoms with Gasteiger partial charge in [-0.15, -0.1) is 0 Å². The Kier molecular flexibility index (Phi) is 4.93. The van der Waals surface area contributed by atoms with Crippen LogP contribution in [0.4, 0.5) is 0 Å². The Balaban J connectivity index is 1.76. The van der Waals surface area contributed by atoms with Crippen molar-refractivity contribution in [3.05, 3.63) is 51.7 Å². The molecule has 0 spiro atoms. The minimum atomic E-state index is -0.442. The van der Waals surface area contributed by atoms with Crippen LogP contribution in [-0.2, 0) is 7.05 Å². The van der Waals surface area contributed by atoms with Gasteiger partial charge >= 0.3 is 5.69 Å². The highest BCUT2D eigenvalue weighted by molar-refractivity contribution is 5.85. The number of aliphatic hydroxyl groups is 1. The van der Waals surface area contributed by atoms with Crippen LogP contribution in [0.1, 0.15) is 48.3 Å². The summed E-state index contributed by atoms with van der Waals surface area (Å²) in [5.41, 5.74) is 2.75. The van der Waals surface area contributed by atoms with Crippen LogP contribution >= 0.6 is 0 Å². The zero-order chi connectivity index (χ0) is 19.8. The largest absolute Gasteiger partial charge is 0.493 e. The van der Waals surface area contributed by atoms with Gasteiger partial charge in [-0.25, -0.2) is 9.78 Å². The van der Waals surface area contributed by atoms with Crippen molar-refractivity contribution in [1.29, 1.82) is 0 Å². The average Bonchev–Trinajstić information content (AvgIpc) is 2.69. The number of ether oxygens (including phenoxy) is 2. The van der Waals surface area contributed by atoms with E-state index in [2.05, 4.69) is 4.98 Å². The maximum atomic E-state index is 11.7. The minimum absolute atomic E-state index is 0.00454. The predicted octanol–water partition coefficient (Wildman–Crippen LogP) is 2.01. The molecule has 2 heterocycles. The summed E-state index contributed by atoms with van der Waals surface area (Å²) < 4.78 is 12.7. The zero-order valence-electron chi connectivity index (χ0n) is 16.3. The third kappa shape index (κ3) is 3.20. The predicted molar refractivity (Wildman–Crippen MR) is 106 cm³/mol. The lowest BCUT2D eigenvalue weighted by molar-refractivity contribution is 0.0979. The highest BCUT2D eigenvalue weighted by atomic mass is 16.5. The molecular formula is C21H25N3O4. The maximum absolute atomic E-state index is 11.7. The molecule has 2 aliphatic rings. The van der Waals surface area contributed by atoms with E-state index < -0.39 is 6.10 Å². The first-order valence-corrected chi connectivity index (χ1v) is 9.60. The van der Waals surface area contributed by atoms with Crippen molar-refractivity contribution in [2.24, 2.45) is 12.0 Å². The molecule has 0 amide bonds. The molecule has 7 nitrogen and oxygen atoms in total. The summed E-state index contributed by atoms with van der Waals surface area (Å²) in [7, 11) is 3.32. The van der Waals surface area contributed by atoms with E-state index >= 15 is 0 Å². The van der Waals surface area contributed by atoms with Gasteiger partial charge in [0.2, 0.25) is 0 Å². The average molecular weight is 383 g/mol. The Morgan fingerprint density at radius 1 is 1.25 bits per heavy atom. The highest BCUT2D eigenvalue weighted by Gasteiger charge is 2.41. The Morgan fingerprint density at radius 3 is 2.75 bits per heavy atom. The van der Waals surface area contributed by atoms with Crippen LogP contribution in [0.5, 0.6) is 11.5 Å². The molecule has 1 unspecified atom stereocenters. The standard InChI is InChI=1S/C21H25N3O4/c1-4-28-19-8-15-12(5-18(19)27-3)9-22-20-16(6-14(25)7-17(15)20)13-10-23-21(26)24(2)11-13/h5,8-11,14,16-17,20,25H,4,6-7H2,1-3H3/t14-,16?,17-,20-/m1/s1. The van der Waals surface area contributed by atoms with Gasteiger partial charge in [0.25, 0.3) is 0 Å². The van der Waals surface area contributed by atoms with Gasteiger partial charge in [-0.1, -0.05) is 0 Å². The van der Waals surface area contributed by atoms with E-state index in [0.717, 1.165) is 16.7 Å². The van der Waals surface area contributed by atoms with E-state index in [-0.39, 0.29) is 23.6 Å². The number of hydrogen-bond donors (Lipinski definition) is 1. The summed E-state index contributed by atoms with van der Waals surface area (Å²) in [6.45, 7) is 2.49. The second-order valence-corrected chi connectivity index (χ2v) is 7.45. The number of aliphatic imine (C=N–C) groups is 1. The topological polar surface area (TPSA) is 85.9 Å². The lowest BCUT2D eigenvalue weighted by Crippen LogP contribution is -2.38. The summed E-state index contributed by atoms with van der Waals surface area (Å²) in [4.78, 5) is 20.5. The molecule has 4 rings (SSSR count). The molecule has 1 aliphatic heterocycles. The van der Waals surface area contributed by atoms with E-state index in [4.69, 9.17) is 14.5 Å². The normalized spacial score (nSPS) is 25.7. The number of aryl methyl sites for hydroxylation is 1. The van der Waals surface area contributed by atoms with Crippen molar-refractivity contribution < 1.29 is 14.6 Å². The van der Waals surface area contributed by atoms with Crippen molar-refractivity contribution in [2.45, 2.75) is 43.7 Å². The van der Waals surface area contributed by atoms with Crippen molar-refractivity contribution in [3.63, 3.8) is 0 Å². The molecule has 0 saturated heterocycles. The SMILES string of the molecule is CCOc1cc2c(cc1OC)C=N[C@@H]1C(c3cnc(=O)n(C)c3)C[C@@H](O)C[C@H]21. The molecule has 148 valence electrons. The fraction of sp³-hybridized carbons (Fsp3) is 0.476. The molecule has 1 fully saturated rings. The van der Waals surface area contributed by atoms with Crippen LogP contribution in [0.2, 0.25) is 0 Å². The van der Waals surface area contributed by atoms with Crippen LogP contribution in [0.3, 0.4) is 0 Å². The number of rotatable bonds is 4. The van der Waals surface area contributed by atoms with Gasteiger partial charge in [0.1, 0.15) is 0 Å². The van der Waals surface area contributed by atoms with Crippen molar-refractivity contribution in [3.8, 4) is 11.5 Å². The van der Waals surface area contributed by atoms with Gasteiger partial charge in [-0.05, 0) is 48.6 Å². The third-order valence-corrected chi connectivity index (χ3v) is 5.73. The molecule has 7 heteroatoms. The molecule has 2 aromatic rings. The molecule has 1 aromatic carbocycles. The highest BCUT2D eigenvalue weighted by Crippen LogP contribution is 2.47. The molecule has 1 aliphatic carbocycles. The lowest BCUT2D eigenvalue weighted by atomic mass is 9.69. The van der Waals surface area contributed by atoms with E-state index in [1.54, 1.807) is 26.6 Å². The Labute approximate surface area is 163 Å². The second kappa shape index (κ2) is 7.39. The van der Waals surface area contributed by atoms with Gasteiger partial charge in [0.15, 0.2) is 11.5 Å². The Morgan fingerprint density at radius 2 is 2.04 bits per heavy atom. The van der Waals surface area contributed by atoms with Crippen molar-refractivity contribution in [1.82, 2.24) is 9.55 Å². The van der Waals surface area contributed by atoms with Crippen LogP contribution in [0, 0.1) is 0 Å². The summed E-state index contributed by atoms with van der Waals surface area (Å²) >= 11 is 0.